The van der Waals surface area contributed by atoms with E-state index in [2.05, 4.69) is 81.5 Å². The van der Waals surface area contributed by atoms with Crippen molar-refractivity contribution in [2.45, 2.75) is 393 Å². The molecule has 0 saturated heterocycles. The second kappa shape index (κ2) is 70.6. The molecule has 0 fully saturated rings. The van der Waals surface area contributed by atoms with Crippen molar-refractivity contribution in [2.24, 2.45) is 0 Å². The molecule has 6 nitrogen and oxygen atoms in total. The van der Waals surface area contributed by atoms with E-state index in [9.17, 15) is 14.4 Å². The number of hydrogen-bond acceptors (Lipinski definition) is 6. The first-order chi connectivity index (χ1) is 40.5. The van der Waals surface area contributed by atoms with Gasteiger partial charge < -0.3 is 14.2 Å². The van der Waals surface area contributed by atoms with Crippen LogP contribution in [0.1, 0.15) is 387 Å². The van der Waals surface area contributed by atoms with Crippen molar-refractivity contribution in [1.82, 2.24) is 0 Å². The van der Waals surface area contributed by atoms with Crippen molar-refractivity contribution in [3.63, 3.8) is 0 Å². The lowest BCUT2D eigenvalue weighted by Gasteiger charge is -2.18. The summed E-state index contributed by atoms with van der Waals surface area (Å²) in [6.45, 7) is 6.59. The zero-order chi connectivity index (χ0) is 59.2. The molecule has 0 aromatic heterocycles. The highest BCUT2D eigenvalue weighted by molar-refractivity contribution is 5.71. The summed E-state index contributed by atoms with van der Waals surface area (Å²) in [4.78, 5) is 38.5. The molecule has 82 heavy (non-hydrogen) atoms. The van der Waals surface area contributed by atoms with Gasteiger partial charge in [0.05, 0.1) is 0 Å². The van der Waals surface area contributed by atoms with Gasteiger partial charge in [0.25, 0.3) is 0 Å². The Hall–Kier alpha value is -2.89. The Labute approximate surface area is 510 Å². The molecule has 478 valence electrons. The summed E-state index contributed by atoms with van der Waals surface area (Å²) in [5.41, 5.74) is 0. The molecule has 0 aromatic rings. The Morgan fingerprint density at radius 3 is 0.756 bits per heavy atom. The van der Waals surface area contributed by atoms with Crippen molar-refractivity contribution >= 4 is 17.9 Å². The van der Waals surface area contributed by atoms with E-state index in [0.717, 1.165) is 83.5 Å². The van der Waals surface area contributed by atoms with Gasteiger partial charge in [0.1, 0.15) is 13.2 Å². The average molecular weight is 1150 g/mol. The third-order valence-electron chi connectivity index (χ3n) is 16.3. The zero-order valence-electron chi connectivity index (χ0n) is 55.0. The highest BCUT2D eigenvalue weighted by Crippen LogP contribution is 2.18. The molecule has 0 N–H and O–H groups in total. The first kappa shape index (κ1) is 79.1. The number of rotatable bonds is 67. The third-order valence-corrected chi connectivity index (χ3v) is 16.3. The molecule has 0 spiro atoms. The minimum atomic E-state index is -0.775. The van der Waals surface area contributed by atoms with Crippen LogP contribution in [0.15, 0.2) is 60.8 Å². The van der Waals surface area contributed by atoms with Crippen LogP contribution in [0.25, 0.3) is 0 Å². The molecule has 0 aliphatic heterocycles. The van der Waals surface area contributed by atoms with E-state index in [1.54, 1.807) is 0 Å². The summed E-state index contributed by atoms with van der Waals surface area (Å²) in [5, 5.41) is 0. The van der Waals surface area contributed by atoms with Crippen LogP contribution in [0.2, 0.25) is 0 Å². The Morgan fingerprint density at radius 2 is 0.476 bits per heavy atom. The number of carbonyl (C=O) groups excluding carboxylic acids is 3. The number of esters is 3. The lowest BCUT2D eigenvalue weighted by Crippen LogP contribution is -2.30. The van der Waals surface area contributed by atoms with E-state index in [0.29, 0.717) is 19.3 Å². The zero-order valence-corrected chi connectivity index (χ0v) is 55.0. The van der Waals surface area contributed by atoms with Crippen molar-refractivity contribution < 1.29 is 28.6 Å². The number of carbonyl (C=O) groups is 3. The van der Waals surface area contributed by atoms with Gasteiger partial charge in [-0.2, -0.15) is 0 Å². The van der Waals surface area contributed by atoms with Gasteiger partial charge in [0, 0.05) is 19.3 Å². The molecule has 1 unspecified atom stereocenters. The molecule has 0 amide bonds. The number of hydrogen-bond donors (Lipinski definition) is 0. The SMILES string of the molecule is CC/C=C\C/C=C\C/C=C\C/C=C\CCCCCCCCCCCCCCCCCCC(=O)OCC(COC(=O)CCCCCCCCCCCCCCCCCCC)OC(=O)CCCCCCCCC/C=C\CCCCCCCCC. The second-order valence-corrected chi connectivity index (χ2v) is 24.5. The van der Waals surface area contributed by atoms with Gasteiger partial charge in [-0.05, 0) is 83.5 Å². The van der Waals surface area contributed by atoms with E-state index in [1.807, 2.05) is 0 Å². The monoisotopic (exact) mass is 1150 g/mol. The van der Waals surface area contributed by atoms with Gasteiger partial charge in [0.15, 0.2) is 6.10 Å². The first-order valence-corrected chi connectivity index (χ1v) is 36.3. The number of ether oxygens (including phenoxy) is 3. The van der Waals surface area contributed by atoms with Crippen LogP contribution in [0.4, 0.5) is 0 Å². The van der Waals surface area contributed by atoms with Crippen molar-refractivity contribution in [1.29, 1.82) is 0 Å². The highest BCUT2D eigenvalue weighted by atomic mass is 16.6. The van der Waals surface area contributed by atoms with Gasteiger partial charge in [-0.1, -0.05) is 345 Å². The van der Waals surface area contributed by atoms with Gasteiger partial charge in [-0.25, -0.2) is 0 Å². The van der Waals surface area contributed by atoms with Crippen LogP contribution in [-0.2, 0) is 28.6 Å². The van der Waals surface area contributed by atoms with Crippen molar-refractivity contribution in [3.8, 4) is 0 Å². The van der Waals surface area contributed by atoms with Gasteiger partial charge >= 0.3 is 17.9 Å². The Morgan fingerprint density at radius 1 is 0.256 bits per heavy atom. The Kier molecular flexibility index (Phi) is 68.1. The predicted octanol–water partition coefficient (Wildman–Crippen LogP) is 25.1. The van der Waals surface area contributed by atoms with Crippen LogP contribution in [0.3, 0.4) is 0 Å². The maximum absolute atomic E-state index is 13.0. The summed E-state index contributed by atoms with van der Waals surface area (Å²) in [6.07, 6.45) is 91.1. The maximum atomic E-state index is 13.0. The van der Waals surface area contributed by atoms with E-state index in [1.165, 1.54) is 263 Å². The molecular weight excluding hydrogens is 1010 g/mol. The molecule has 6 heteroatoms. The highest BCUT2D eigenvalue weighted by Gasteiger charge is 2.19. The molecular formula is C76H138O6. The fraction of sp³-hybridized carbons (Fsp3) is 0.829. The molecule has 0 heterocycles. The molecule has 0 aliphatic carbocycles. The van der Waals surface area contributed by atoms with Crippen LogP contribution in [0, 0.1) is 0 Å². The molecule has 0 radical (unpaired) electrons. The maximum Gasteiger partial charge on any atom is 0.306 e. The van der Waals surface area contributed by atoms with Crippen molar-refractivity contribution in [3.05, 3.63) is 60.8 Å². The van der Waals surface area contributed by atoms with Crippen LogP contribution in [0.5, 0.6) is 0 Å². The lowest BCUT2D eigenvalue weighted by molar-refractivity contribution is -0.167. The quantitative estimate of drug-likeness (QED) is 0.0261. The van der Waals surface area contributed by atoms with E-state index in [4.69, 9.17) is 14.2 Å². The van der Waals surface area contributed by atoms with E-state index >= 15 is 0 Å². The molecule has 0 aliphatic rings. The Balaban J connectivity index is 4.25. The summed E-state index contributed by atoms with van der Waals surface area (Å²) in [6, 6.07) is 0. The number of unbranched alkanes of at least 4 members (excludes halogenated alkanes) is 46. The molecule has 0 bridgehead atoms. The largest absolute Gasteiger partial charge is 0.462 e. The lowest BCUT2D eigenvalue weighted by atomic mass is 10.0. The normalized spacial score (nSPS) is 12.4. The summed E-state index contributed by atoms with van der Waals surface area (Å²) in [5.74, 6) is -0.846. The summed E-state index contributed by atoms with van der Waals surface area (Å²) in [7, 11) is 0. The van der Waals surface area contributed by atoms with Gasteiger partial charge in [0.2, 0.25) is 0 Å². The van der Waals surface area contributed by atoms with E-state index < -0.39 is 6.10 Å². The van der Waals surface area contributed by atoms with Crippen LogP contribution in [-0.4, -0.2) is 37.2 Å². The average Bonchev–Trinajstić information content (AvgIpc) is 3.47. The third kappa shape index (κ3) is 67.9. The summed E-state index contributed by atoms with van der Waals surface area (Å²) >= 11 is 0. The Bertz CT molecular complexity index is 1460. The molecule has 0 aromatic carbocycles. The molecule has 0 rings (SSSR count). The molecule has 0 saturated carbocycles. The van der Waals surface area contributed by atoms with Gasteiger partial charge in [-0.3, -0.25) is 14.4 Å². The van der Waals surface area contributed by atoms with Gasteiger partial charge in [-0.15, -0.1) is 0 Å². The topological polar surface area (TPSA) is 78.9 Å². The minimum absolute atomic E-state index is 0.0697. The fourth-order valence-electron chi connectivity index (χ4n) is 10.8. The van der Waals surface area contributed by atoms with E-state index in [-0.39, 0.29) is 31.1 Å². The van der Waals surface area contributed by atoms with Crippen molar-refractivity contribution in [2.75, 3.05) is 13.2 Å². The minimum Gasteiger partial charge on any atom is -0.462 e. The fourth-order valence-corrected chi connectivity index (χ4v) is 10.8. The van der Waals surface area contributed by atoms with Crippen LogP contribution < -0.4 is 0 Å². The second-order valence-electron chi connectivity index (χ2n) is 24.5. The summed E-state index contributed by atoms with van der Waals surface area (Å²) < 4.78 is 17.0. The van der Waals surface area contributed by atoms with Crippen LogP contribution >= 0.6 is 0 Å². The molecule has 1 atom stereocenters. The smallest absolute Gasteiger partial charge is 0.306 e. The predicted molar refractivity (Wildman–Crippen MR) is 358 cm³/mol. The number of allylic oxidation sites excluding steroid dienone is 10. The standard InChI is InChI=1S/C76H138O6/c1-4-7-10-13-16-19-22-25-28-31-33-34-35-36-37-38-39-40-41-42-43-46-48-51-54-57-60-63-66-69-75(78)81-72-73(71-80-74(77)68-65-62-59-56-53-50-47-44-30-27-24-21-18-15-12-9-6-3)82-76(79)70-67-64-61-58-55-52-49-45-32-29-26-23-20-17-14-11-8-5-2/h7,10,16,19,25,28-29,32-34,73H,4-6,8-9,11-15,17-18,20-24,26-27,30-31,35-72H2,1-3H3/b10-7-,19-16-,28-25-,32-29-,34-33-. The first-order valence-electron chi connectivity index (χ1n) is 36.3.